The van der Waals surface area contributed by atoms with Crippen LogP contribution in [0.2, 0.25) is 0 Å². The molecular formula is C14H17ClN2O. The van der Waals surface area contributed by atoms with Crippen molar-refractivity contribution in [2.24, 2.45) is 0 Å². The van der Waals surface area contributed by atoms with E-state index in [4.69, 9.17) is 0 Å². The molecule has 2 N–H and O–H groups in total. The average Bonchev–Trinajstić information content (AvgIpc) is 2.39. The lowest BCUT2D eigenvalue weighted by Crippen LogP contribution is -2.43. The van der Waals surface area contributed by atoms with Crippen molar-refractivity contribution >= 4 is 28.9 Å². The Morgan fingerprint density at radius 3 is 2.61 bits per heavy atom. The summed E-state index contributed by atoms with van der Waals surface area (Å²) in [5, 5.41) is 15.3. The van der Waals surface area contributed by atoms with Gasteiger partial charge in [-0.25, -0.2) is 0 Å². The molecule has 1 fully saturated rings. The van der Waals surface area contributed by atoms with E-state index in [1.165, 1.54) is 11.1 Å². The summed E-state index contributed by atoms with van der Waals surface area (Å²) < 4.78 is 0. The van der Waals surface area contributed by atoms with E-state index >= 15 is 0 Å². The number of hydrogen-bond acceptors (Lipinski definition) is 3. The summed E-state index contributed by atoms with van der Waals surface area (Å²) in [6, 6.07) is 11.9. The Bertz CT molecular complexity index is 538. The first kappa shape index (κ1) is 13.0. The highest BCUT2D eigenvalue weighted by Crippen LogP contribution is 2.29. The molecule has 1 saturated heterocycles. The van der Waals surface area contributed by atoms with Gasteiger partial charge in [0.1, 0.15) is 5.75 Å². The summed E-state index contributed by atoms with van der Waals surface area (Å²) in [5.74, 6) is 0.333. The molecule has 2 aromatic rings. The zero-order valence-corrected chi connectivity index (χ0v) is 10.9. The van der Waals surface area contributed by atoms with Crippen LogP contribution < -0.4 is 10.2 Å². The number of anilines is 1. The number of nitrogens with one attached hydrogen (secondary N) is 1. The maximum Gasteiger partial charge on any atom is 0.116 e. The van der Waals surface area contributed by atoms with Gasteiger partial charge in [-0.1, -0.05) is 18.2 Å². The largest absolute Gasteiger partial charge is 0.508 e. The highest BCUT2D eigenvalue weighted by Gasteiger charge is 2.12. The Morgan fingerprint density at radius 2 is 1.83 bits per heavy atom. The Balaban J connectivity index is 0.00000120. The van der Waals surface area contributed by atoms with E-state index in [0.29, 0.717) is 5.75 Å². The van der Waals surface area contributed by atoms with Gasteiger partial charge in [0.15, 0.2) is 0 Å². The normalized spacial score (nSPS) is 15.4. The van der Waals surface area contributed by atoms with Gasteiger partial charge in [0.25, 0.3) is 0 Å². The topological polar surface area (TPSA) is 35.5 Å². The van der Waals surface area contributed by atoms with Crippen LogP contribution in [-0.2, 0) is 0 Å². The summed E-state index contributed by atoms with van der Waals surface area (Å²) in [7, 11) is 0. The van der Waals surface area contributed by atoms with Gasteiger partial charge in [0, 0.05) is 37.3 Å². The summed E-state index contributed by atoms with van der Waals surface area (Å²) in [6.45, 7) is 4.09. The molecule has 0 aliphatic carbocycles. The molecule has 2 aromatic carbocycles. The molecule has 1 aliphatic rings. The van der Waals surface area contributed by atoms with Crippen LogP contribution >= 0.6 is 12.4 Å². The van der Waals surface area contributed by atoms with Gasteiger partial charge in [-0.3, -0.25) is 0 Å². The Labute approximate surface area is 113 Å². The third-order valence-electron chi connectivity index (χ3n) is 3.30. The molecule has 96 valence electrons. The fourth-order valence-corrected chi connectivity index (χ4v) is 2.43. The summed E-state index contributed by atoms with van der Waals surface area (Å²) in [6.07, 6.45) is 0. The van der Waals surface area contributed by atoms with Crippen molar-refractivity contribution in [3.8, 4) is 5.75 Å². The number of rotatable bonds is 1. The van der Waals surface area contributed by atoms with Crippen LogP contribution in [0.15, 0.2) is 36.4 Å². The molecule has 18 heavy (non-hydrogen) atoms. The van der Waals surface area contributed by atoms with E-state index in [0.717, 1.165) is 31.6 Å². The second-order valence-corrected chi connectivity index (χ2v) is 4.42. The minimum absolute atomic E-state index is 0. The Morgan fingerprint density at radius 1 is 1.06 bits per heavy atom. The van der Waals surface area contributed by atoms with Crippen LogP contribution in [0.3, 0.4) is 0 Å². The van der Waals surface area contributed by atoms with Gasteiger partial charge in [0.2, 0.25) is 0 Å². The minimum atomic E-state index is 0. The van der Waals surface area contributed by atoms with Crippen molar-refractivity contribution in [1.29, 1.82) is 0 Å². The third kappa shape index (κ3) is 2.37. The molecule has 1 heterocycles. The molecule has 0 bridgehead atoms. The zero-order chi connectivity index (χ0) is 11.7. The number of hydrogen-bond donors (Lipinski definition) is 2. The number of phenols is 1. The lowest BCUT2D eigenvalue weighted by Gasteiger charge is -2.30. The lowest BCUT2D eigenvalue weighted by molar-refractivity contribution is 0.476. The molecule has 0 amide bonds. The molecule has 1 aliphatic heterocycles. The first-order chi connectivity index (χ1) is 8.34. The van der Waals surface area contributed by atoms with Gasteiger partial charge in [0.05, 0.1) is 0 Å². The predicted molar refractivity (Wildman–Crippen MR) is 77.9 cm³/mol. The average molecular weight is 265 g/mol. The molecule has 0 unspecified atom stereocenters. The van der Waals surface area contributed by atoms with E-state index in [1.54, 1.807) is 6.07 Å². The highest BCUT2D eigenvalue weighted by atomic mass is 35.5. The van der Waals surface area contributed by atoms with Crippen LogP contribution in [0.1, 0.15) is 0 Å². The molecule has 0 spiro atoms. The summed E-state index contributed by atoms with van der Waals surface area (Å²) >= 11 is 0. The van der Waals surface area contributed by atoms with E-state index in [9.17, 15) is 5.11 Å². The predicted octanol–water partition coefficient (Wildman–Crippen LogP) is 2.38. The van der Waals surface area contributed by atoms with Crippen molar-refractivity contribution in [2.45, 2.75) is 0 Å². The molecule has 0 aromatic heterocycles. The fourth-order valence-electron chi connectivity index (χ4n) is 2.43. The quantitative estimate of drug-likeness (QED) is 0.830. The molecule has 4 heteroatoms. The number of benzene rings is 2. The van der Waals surface area contributed by atoms with Crippen LogP contribution in [0.25, 0.3) is 10.8 Å². The van der Waals surface area contributed by atoms with Crippen LogP contribution in [0, 0.1) is 0 Å². The summed E-state index contributed by atoms with van der Waals surface area (Å²) in [4.78, 5) is 2.37. The standard InChI is InChI=1S/C14H16N2O.ClH/c17-12-5-4-11-2-1-3-14(13(11)10-12)16-8-6-15-7-9-16;/h1-5,10,15,17H,6-9H2;1H. The van der Waals surface area contributed by atoms with Gasteiger partial charge >= 0.3 is 0 Å². The van der Waals surface area contributed by atoms with Gasteiger partial charge in [-0.15, -0.1) is 12.4 Å². The van der Waals surface area contributed by atoms with E-state index in [2.05, 4.69) is 28.4 Å². The number of phenolic OH excluding ortho intramolecular Hbond substituents is 1. The Hall–Kier alpha value is -1.45. The molecule has 3 nitrogen and oxygen atoms in total. The van der Waals surface area contributed by atoms with E-state index in [1.807, 2.05) is 12.1 Å². The second kappa shape index (κ2) is 5.46. The van der Waals surface area contributed by atoms with E-state index < -0.39 is 0 Å². The first-order valence-corrected chi connectivity index (χ1v) is 6.02. The van der Waals surface area contributed by atoms with Crippen molar-refractivity contribution in [3.63, 3.8) is 0 Å². The minimum Gasteiger partial charge on any atom is -0.508 e. The van der Waals surface area contributed by atoms with Crippen molar-refractivity contribution in [1.82, 2.24) is 5.32 Å². The molecule has 0 radical (unpaired) electrons. The first-order valence-electron chi connectivity index (χ1n) is 6.02. The number of piperazine rings is 1. The lowest BCUT2D eigenvalue weighted by atomic mass is 10.1. The smallest absolute Gasteiger partial charge is 0.116 e. The summed E-state index contributed by atoms with van der Waals surface area (Å²) in [5.41, 5.74) is 1.22. The van der Waals surface area contributed by atoms with Gasteiger partial charge < -0.3 is 15.3 Å². The maximum absolute atomic E-state index is 9.62. The molecule has 0 atom stereocenters. The number of aromatic hydroxyl groups is 1. The van der Waals surface area contributed by atoms with Gasteiger partial charge in [-0.2, -0.15) is 0 Å². The van der Waals surface area contributed by atoms with Crippen molar-refractivity contribution < 1.29 is 5.11 Å². The third-order valence-corrected chi connectivity index (χ3v) is 3.30. The van der Waals surface area contributed by atoms with Crippen molar-refractivity contribution in [2.75, 3.05) is 31.1 Å². The highest BCUT2D eigenvalue weighted by molar-refractivity contribution is 5.95. The van der Waals surface area contributed by atoms with Crippen LogP contribution in [0.4, 0.5) is 5.69 Å². The fraction of sp³-hybridized carbons (Fsp3) is 0.286. The monoisotopic (exact) mass is 264 g/mol. The Kier molecular flexibility index (Phi) is 3.94. The molecule has 0 saturated carbocycles. The zero-order valence-electron chi connectivity index (χ0n) is 10.1. The van der Waals surface area contributed by atoms with E-state index in [-0.39, 0.29) is 12.4 Å². The SMILES string of the molecule is Cl.Oc1ccc2cccc(N3CCNCC3)c2c1. The van der Waals surface area contributed by atoms with Crippen molar-refractivity contribution in [3.05, 3.63) is 36.4 Å². The number of fused-ring (bicyclic) bond motifs is 1. The van der Waals surface area contributed by atoms with Gasteiger partial charge in [-0.05, 0) is 23.6 Å². The molecular weight excluding hydrogens is 248 g/mol. The number of halogens is 1. The second-order valence-electron chi connectivity index (χ2n) is 4.42. The number of nitrogens with zero attached hydrogens (tertiary/aromatic N) is 1. The van der Waals surface area contributed by atoms with Crippen LogP contribution in [-0.4, -0.2) is 31.3 Å². The molecule has 3 rings (SSSR count). The van der Waals surface area contributed by atoms with Crippen LogP contribution in [0.5, 0.6) is 5.75 Å². The maximum atomic E-state index is 9.62.